The summed E-state index contributed by atoms with van der Waals surface area (Å²) in [5.41, 5.74) is 2.86. The average molecular weight is 588 g/mol. The van der Waals surface area contributed by atoms with E-state index >= 15 is 0 Å². The van der Waals surface area contributed by atoms with Crippen molar-refractivity contribution in [3.8, 4) is 5.75 Å². The zero-order valence-corrected chi connectivity index (χ0v) is 24.5. The number of nitrogens with two attached hydrogens (primary N) is 1. The molecule has 3 aliphatic carbocycles. The van der Waals surface area contributed by atoms with Gasteiger partial charge < -0.3 is 26.2 Å². The maximum atomic E-state index is 13.9. The topological polar surface area (TPSA) is 165 Å². The van der Waals surface area contributed by atoms with Crippen LogP contribution in [0.1, 0.15) is 67.1 Å². The summed E-state index contributed by atoms with van der Waals surface area (Å²) in [6.07, 6.45) is 3.14. The molecule has 1 aliphatic heterocycles. The number of likely N-dealkylation sites (tertiary alicyclic amines) is 1. The summed E-state index contributed by atoms with van der Waals surface area (Å²) in [6, 6.07) is 0.470. The minimum absolute atomic E-state index is 0.0184. The van der Waals surface area contributed by atoms with Gasteiger partial charge in [-0.15, -0.1) is 0 Å². The first-order valence-corrected chi connectivity index (χ1v) is 14.5. The van der Waals surface area contributed by atoms with Crippen molar-refractivity contribution in [2.45, 2.75) is 63.6 Å². The first kappa shape index (κ1) is 29.6. The Labute approximate surface area is 244 Å². The Balaban J connectivity index is 1.64. The highest BCUT2D eigenvalue weighted by atomic mass is 35.5. The fraction of sp³-hybridized carbons (Fsp3) is 0.567. The smallest absolute Gasteiger partial charge is 0.255 e. The Kier molecular flexibility index (Phi) is 7.51. The molecule has 1 unspecified atom stereocenters. The van der Waals surface area contributed by atoms with Crippen LogP contribution < -0.4 is 5.73 Å². The molecule has 1 aromatic rings. The van der Waals surface area contributed by atoms with Crippen LogP contribution in [-0.4, -0.2) is 86.5 Å². The molecule has 41 heavy (non-hydrogen) atoms. The molecule has 0 aromatic heterocycles. The number of carbonyl (C=O) groups is 3. The van der Waals surface area contributed by atoms with Crippen molar-refractivity contribution in [3.05, 3.63) is 50.4 Å². The predicted octanol–water partition coefficient (Wildman–Crippen LogP) is 2.96. The Morgan fingerprint density at radius 3 is 2.51 bits per heavy atom. The van der Waals surface area contributed by atoms with Crippen molar-refractivity contribution in [2.24, 2.45) is 23.5 Å². The van der Waals surface area contributed by atoms with Crippen molar-refractivity contribution in [1.29, 1.82) is 0 Å². The van der Waals surface area contributed by atoms with Gasteiger partial charge in [0.1, 0.15) is 22.8 Å². The summed E-state index contributed by atoms with van der Waals surface area (Å²) in [6.45, 7) is 6.07. The third-order valence-corrected chi connectivity index (χ3v) is 9.70. The number of benzene rings is 1. The SMILES string of the molecule is CC(C)CN1CCCCC1c1cc(O)c2c(c1Cl)C[C@H]1C[C@H]3[C@H](N(C)C)C(O)=C(C(N)=O)C(=O)[C@@]3(O)C(O)=C1C2=O. The number of phenols is 1. The van der Waals surface area contributed by atoms with Crippen LogP contribution in [0.25, 0.3) is 0 Å². The van der Waals surface area contributed by atoms with Gasteiger partial charge in [-0.25, -0.2) is 0 Å². The molecule has 0 bridgehead atoms. The molecule has 0 spiro atoms. The third kappa shape index (κ3) is 4.38. The summed E-state index contributed by atoms with van der Waals surface area (Å²) in [7, 11) is 3.20. The minimum Gasteiger partial charge on any atom is -0.510 e. The van der Waals surface area contributed by atoms with E-state index in [0.29, 0.717) is 16.5 Å². The lowest BCUT2D eigenvalue weighted by molar-refractivity contribution is -0.148. The van der Waals surface area contributed by atoms with E-state index in [-0.39, 0.29) is 35.8 Å². The van der Waals surface area contributed by atoms with Crippen LogP contribution in [0, 0.1) is 17.8 Å². The van der Waals surface area contributed by atoms with Crippen molar-refractivity contribution < 1.29 is 34.8 Å². The number of Topliss-reactive ketones (excluding diaryl/α,β-unsaturated/α-hetero) is 2. The van der Waals surface area contributed by atoms with E-state index in [1.54, 1.807) is 14.1 Å². The number of primary amides is 1. The molecule has 0 radical (unpaired) electrons. The molecule has 5 rings (SSSR count). The molecule has 222 valence electrons. The van der Waals surface area contributed by atoms with Crippen molar-refractivity contribution >= 4 is 29.1 Å². The first-order chi connectivity index (χ1) is 19.2. The minimum atomic E-state index is -2.66. The van der Waals surface area contributed by atoms with E-state index in [1.165, 1.54) is 11.0 Å². The van der Waals surface area contributed by atoms with Gasteiger partial charge in [-0.1, -0.05) is 31.9 Å². The number of likely N-dealkylation sites (N-methyl/N-ethyl adjacent to an activating group) is 1. The number of allylic oxidation sites excluding steroid dienone is 1. The zero-order chi connectivity index (χ0) is 30.1. The van der Waals surface area contributed by atoms with E-state index in [4.69, 9.17) is 17.3 Å². The summed E-state index contributed by atoms with van der Waals surface area (Å²) in [4.78, 5) is 43.4. The standard InChI is InChI=1S/C30H38ClN3O7/c1-13(2)12-34-8-6-5-7-18(34)15-11-19(35)21-16(23(15)31)9-14-10-17-24(33(3)4)26(37)22(29(32)40)28(39)30(17,41)27(38)20(14)25(21)36/h11,13-14,17-18,24,35,37-38,41H,5-10,12H2,1-4H3,(H2,32,40)/t14-,17-,18?,24-,30-/m0/s1. The second-order valence-electron chi connectivity index (χ2n) is 12.5. The summed E-state index contributed by atoms with van der Waals surface area (Å²) in [5.74, 6) is -6.30. The van der Waals surface area contributed by atoms with Gasteiger partial charge >= 0.3 is 0 Å². The number of fused-ring (bicyclic) bond motifs is 3. The number of aliphatic hydroxyl groups excluding tert-OH is 2. The molecule has 1 saturated heterocycles. The molecule has 0 saturated carbocycles. The molecule has 6 N–H and O–H groups in total. The van der Waals surface area contributed by atoms with Crippen molar-refractivity contribution in [3.63, 3.8) is 0 Å². The van der Waals surface area contributed by atoms with Gasteiger partial charge in [-0.3, -0.25) is 24.2 Å². The number of piperidine rings is 1. The maximum Gasteiger partial charge on any atom is 0.255 e. The highest BCUT2D eigenvalue weighted by Gasteiger charge is 2.63. The van der Waals surface area contributed by atoms with Gasteiger partial charge in [0.05, 0.1) is 11.6 Å². The van der Waals surface area contributed by atoms with Crippen LogP contribution in [0.5, 0.6) is 5.75 Å². The number of amides is 1. The number of phenolic OH excluding ortho intramolecular Hbond substituents is 1. The van der Waals surface area contributed by atoms with Gasteiger partial charge in [0, 0.05) is 29.1 Å². The second-order valence-corrected chi connectivity index (χ2v) is 12.9. The molecule has 11 heteroatoms. The quantitative estimate of drug-likeness (QED) is 0.326. The normalized spacial score (nSPS) is 30.5. The highest BCUT2D eigenvalue weighted by molar-refractivity contribution is 6.33. The van der Waals surface area contributed by atoms with Crippen LogP contribution >= 0.6 is 11.6 Å². The fourth-order valence-electron chi connectivity index (χ4n) is 7.59. The zero-order valence-electron chi connectivity index (χ0n) is 23.8. The lowest BCUT2D eigenvalue weighted by Gasteiger charge is -2.50. The van der Waals surface area contributed by atoms with E-state index in [2.05, 4.69) is 18.7 Å². The molecular formula is C30H38ClN3O7. The maximum absolute atomic E-state index is 13.9. The molecule has 1 aromatic carbocycles. The van der Waals surface area contributed by atoms with Crippen molar-refractivity contribution in [2.75, 3.05) is 27.2 Å². The first-order valence-electron chi connectivity index (χ1n) is 14.1. The molecule has 1 fully saturated rings. The van der Waals surface area contributed by atoms with Crippen LogP contribution in [-0.2, 0) is 16.0 Å². The van der Waals surface area contributed by atoms with Gasteiger partial charge in [-0.2, -0.15) is 0 Å². The number of carbonyl (C=O) groups excluding carboxylic acids is 3. The molecule has 1 heterocycles. The fourth-order valence-corrected chi connectivity index (χ4v) is 7.94. The largest absolute Gasteiger partial charge is 0.510 e. The number of aliphatic hydroxyl groups is 3. The number of rotatable bonds is 5. The summed E-state index contributed by atoms with van der Waals surface area (Å²) < 4.78 is 0. The third-order valence-electron chi connectivity index (χ3n) is 9.26. The van der Waals surface area contributed by atoms with Crippen LogP contribution in [0.4, 0.5) is 0 Å². The number of hydrogen-bond donors (Lipinski definition) is 5. The Bertz CT molecular complexity index is 1400. The van der Waals surface area contributed by atoms with E-state index in [0.717, 1.165) is 37.9 Å². The van der Waals surface area contributed by atoms with E-state index in [9.17, 15) is 34.8 Å². The molecule has 1 amide bonds. The summed E-state index contributed by atoms with van der Waals surface area (Å²) in [5, 5.41) is 45.7. The summed E-state index contributed by atoms with van der Waals surface area (Å²) >= 11 is 7.03. The number of hydrogen-bond acceptors (Lipinski definition) is 9. The number of nitrogens with zero attached hydrogens (tertiary/aromatic N) is 2. The van der Waals surface area contributed by atoms with E-state index < -0.39 is 58.0 Å². The van der Waals surface area contributed by atoms with Gasteiger partial charge in [0.2, 0.25) is 5.78 Å². The molecular weight excluding hydrogens is 550 g/mol. The van der Waals surface area contributed by atoms with Crippen LogP contribution in [0.15, 0.2) is 28.7 Å². The monoisotopic (exact) mass is 587 g/mol. The Hall–Kier alpha value is -2.92. The number of aromatic hydroxyl groups is 1. The molecule has 4 aliphatic rings. The van der Waals surface area contributed by atoms with Crippen molar-refractivity contribution in [1.82, 2.24) is 9.80 Å². The number of halogens is 1. The van der Waals surface area contributed by atoms with Crippen LogP contribution in [0.3, 0.4) is 0 Å². The van der Waals surface area contributed by atoms with Crippen LogP contribution in [0.2, 0.25) is 5.02 Å². The molecule has 5 atom stereocenters. The number of ketones is 2. The Morgan fingerprint density at radius 1 is 1.22 bits per heavy atom. The predicted molar refractivity (Wildman–Crippen MR) is 152 cm³/mol. The second kappa shape index (κ2) is 10.4. The van der Waals surface area contributed by atoms with Gasteiger partial charge in [0.25, 0.3) is 5.91 Å². The lowest BCUT2D eigenvalue weighted by atomic mass is 9.58. The Morgan fingerprint density at radius 2 is 1.90 bits per heavy atom. The lowest BCUT2D eigenvalue weighted by Crippen LogP contribution is -2.63. The average Bonchev–Trinajstić information content (AvgIpc) is 2.88. The van der Waals surface area contributed by atoms with E-state index in [1.807, 2.05) is 0 Å². The van der Waals surface area contributed by atoms with Gasteiger partial charge in [-0.05, 0) is 75.4 Å². The van der Waals surface area contributed by atoms with Gasteiger partial charge in [0.15, 0.2) is 11.4 Å². The highest BCUT2D eigenvalue weighted by Crippen LogP contribution is 2.53. The molecule has 10 nitrogen and oxygen atoms in total.